The molecule has 1 aromatic carbocycles. The topological polar surface area (TPSA) is 81.2 Å². The quantitative estimate of drug-likeness (QED) is 0.266. The summed E-state index contributed by atoms with van der Waals surface area (Å²) in [6.07, 6.45) is 5.44. The maximum absolute atomic E-state index is 13.0. The maximum Gasteiger partial charge on any atom is 0.328 e. The number of thiophene rings is 1. The molecular weight excluding hydrogens is 514 g/mol. The molecule has 1 atom stereocenters. The number of halogens is 1. The Labute approximate surface area is 213 Å². The molecule has 0 saturated carbocycles. The first-order chi connectivity index (χ1) is 16.2. The molecule has 34 heavy (non-hydrogen) atoms. The molecule has 6 nitrogen and oxygen atoms in total. The number of carbonyl (C=O) groups is 2. The van der Waals surface area contributed by atoms with Gasteiger partial charge in [0.25, 0.3) is 5.91 Å². The Morgan fingerprint density at radius 2 is 1.76 bits per heavy atom. The molecule has 1 N–H and O–H groups in total. The number of nitrogens with one attached hydrogen (secondary N) is 1. The third-order valence-electron chi connectivity index (χ3n) is 5.17. The Morgan fingerprint density at radius 1 is 1.09 bits per heavy atom. The first kappa shape index (κ1) is 26.0. The summed E-state index contributed by atoms with van der Waals surface area (Å²) < 4.78 is 6.26. The number of aromatic nitrogens is 2. The van der Waals surface area contributed by atoms with Crippen LogP contribution in [0.25, 0.3) is 11.4 Å². The summed E-state index contributed by atoms with van der Waals surface area (Å²) >= 11 is 4.79. The fraction of sp³-hybridized carbons (Fsp3) is 0.385. The fourth-order valence-corrected chi connectivity index (χ4v) is 4.36. The summed E-state index contributed by atoms with van der Waals surface area (Å²) in [5.74, 6) is -0.0709. The Kier molecular flexibility index (Phi) is 8.97. The molecule has 1 amide bonds. The minimum Gasteiger partial charge on any atom is -0.464 e. The second kappa shape index (κ2) is 11.7. The predicted molar refractivity (Wildman–Crippen MR) is 139 cm³/mol. The number of rotatable bonds is 9. The van der Waals surface area contributed by atoms with Gasteiger partial charge < -0.3 is 10.1 Å². The third-order valence-corrected chi connectivity index (χ3v) is 7.09. The summed E-state index contributed by atoms with van der Waals surface area (Å²) in [5, 5.41) is 2.89. The molecule has 0 aliphatic heterocycles. The largest absolute Gasteiger partial charge is 0.464 e. The van der Waals surface area contributed by atoms with Crippen molar-refractivity contribution in [2.75, 3.05) is 6.61 Å². The normalized spacial score (nSPS) is 12.3. The van der Waals surface area contributed by atoms with Crippen molar-refractivity contribution < 1.29 is 14.3 Å². The Bertz CT molecular complexity index is 1110. The van der Waals surface area contributed by atoms with Gasteiger partial charge in [-0.3, -0.25) is 4.79 Å². The van der Waals surface area contributed by atoms with Crippen LogP contribution >= 0.6 is 27.3 Å². The molecule has 0 aliphatic rings. The number of hydrogen-bond donors (Lipinski definition) is 1. The van der Waals surface area contributed by atoms with Crippen molar-refractivity contribution in [3.63, 3.8) is 0 Å². The molecule has 0 radical (unpaired) electrons. The van der Waals surface area contributed by atoms with Crippen LogP contribution in [0.5, 0.6) is 0 Å². The van der Waals surface area contributed by atoms with E-state index in [9.17, 15) is 9.59 Å². The van der Waals surface area contributed by atoms with Crippen LogP contribution < -0.4 is 5.32 Å². The predicted octanol–water partition coefficient (Wildman–Crippen LogP) is 5.95. The van der Waals surface area contributed by atoms with Crippen LogP contribution in [0.3, 0.4) is 0 Å². The highest BCUT2D eigenvalue weighted by Crippen LogP contribution is 2.29. The summed E-state index contributed by atoms with van der Waals surface area (Å²) in [4.78, 5) is 36.1. The van der Waals surface area contributed by atoms with Gasteiger partial charge in [-0.15, -0.1) is 11.3 Å². The van der Waals surface area contributed by atoms with Crippen LogP contribution in [0.15, 0.2) is 53.3 Å². The van der Waals surface area contributed by atoms with E-state index in [-0.39, 0.29) is 11.3 Å². The fourth-order valence-electron chi connectivity index (χ4n) is 3.19. The van der Waals surface area contributed by atoms with Crippen LogP contribution in [-0.2, 0) is 21.4 Å². The smallest absolute Gasteiger partial charge is 0.328 e. The van der Waals surface area contributed by atoms with Gasteiger partial charge in [0.05, 0.1) is 16.0 Å². The summed E-state index contributed by atoms with van der Waals surface area (Å²) in [6.45, 7) is 8.70. The van der Waals surface area contributed by atoms with Gasteiger partial charge in [0.15, 0.2) is 5.82 Å². The lowest BCUT2D eigenvalue weighted by Gasteiger charge is -2.18. The number of carbonyl (C=O) groups excluding carboxylic acids is 2. The average molecular weight is 545 g/mol. The first-order valence-corrected chi connectivity index (χ1v) is 12.9. The summed E-state index contributed by atoms with van der Waals surface area (Å²) in [7, 11) is 0. The Hall–Kier alpha value is -2.58. The van der Waals surface area contributed by atoms with E-state index in [1.807, 2.05) is 43.3 Å². The van der Waals surface area contributed by atoms with Gasteiger partial charge in [-0.1, -0.05) is 58.4 Å². The van der Waals surface area contributed by atoms with Gasteiger partial charge in [-0.25, -0.2) is 14.8 Å². The number of amides is 1. The summed E-state index contributed by atoms with van der Waals surface area (Å²) in [5.41, 5.74) is 1.73. The van der Waals surface area contributed by atoms with E-state index in [0.717, 1.165) is 33.3 Å². The van der Waals surface area contributed by atoms with Crippen molar-refractivity contribution in [1.82, 2.24) is 15.3 Å². The molecule has 3 rings (SSSR count). The minimum atomic E-state index is -0.778. The molecule has 3 aromatic rings. The highest BCUT2D eigenvalue weighted by Gasteiger charge is 2.25. The molecule has 0 spiro atoms. The molecule has 0 bridgehead atoms. The lowest BCUT2D eigenvalue weighted by molar-refractivity contribution is -0.146. The first-order valence-electron chi connectivity index (χ1n) is 11.3. The molecule has 180 valence electrons. The van der Waals surface area contributed by atoms with E-state index < -0.39 is 12.0 Å². The number of benzene rings is 1. The van der Waals surface area contributed by atoms with Gasteiger partial charge in [-0.05, 0) is 45.5 Å². The molecule has 8 heteroatoms. The van der Waals surface area contributed by atoms with Gasteiger partial charge in [0.1, 0.15) is 6.04 Å². The second-order valence-electron chi connectivity index (χ2n) is 9.09. The maximum atomic E-state index is 13.0. The van der Waals surface area contributed by atoms with Gasteiger partial charge in [-0.2, -0.15) is 0 Å². The van der Waals surface area contributed by atoms with E-state index in [2.05, 4.69) is 52.0 Å². The zero-order chi connectivity index (χ0) is 24.7. The highest BCUT2D eigenvalue weighted by molar-refractivity contribution is 9.10. The van der Waals surface area contributed by atoms with Crippen molar-refractivity contribution in [2.45, 2.75) is 58.4 Å². The number of esters is 1. The van der Waals surface area contributed by atoms with Crippen molar-refractivity contribution in [1.29, 1.82) is 0 Å². The van der Waals surface area contributed by atoms with E-state index >= 15 is 0 Å². The van der Waals surface area contributed by atoms with Crippen molar-refractivity contribution in [3.8, 4) is 11.4 Å². The SMILES string of the molecule is CCCCOC(=O)[C@H](Cc1ccc(-c2ncc(Br)cn2)cc1)NC(=O)c1ccc(C(C)(C)C)s1. The molecule has 2 heterocycles. The number of unbranched alkanes of at least 4 members (excludes halogenated alkanes) is 1. The molecule has 0 unspecified atom stereocenters. The summed E-state index contributed by atoms with van der Waals surface area (Å²) in [6, 6.07) is 10.7. The van der Waals surface area contributed by atoms with Crippen LogP contribution in [0.2, 0.25) is 0 Å². The number of ether oxygens (including phenoxy) is 1. The minimum absolute atomic E-state index is 0.0397. The monoisotopic (exact) mass is 543 g/mol. The lowest BCUT2D eigenvalue weighted by Crippen LogP contribution is -2.43. The second-order valence-corrected chi connectivity index (χ2v) is 11.1. The molecule has 0 aliphatic carbocycles. The Morgan fingerprint density at radius 3 is 2.35 bits per heavy atom. The zero-order valence-corrected chi connectivity index (χ0v) is 22.3. The van der Waals surface area contributed by atoms with Crippen LogP contribution in [0, 0.1) is 0 Å². The van der Waals surface area contributed by atoms with Gasteiger partial charge >= 0.3 is 5.97 Å². The number of hydrogen-bond acceptors (Lipinski definition) is 6. The zero-order valence-electron chi connectivity index (χ0n) is 19.9. The highest BCUT2D eigenvalue weighted by atomic mass is 79.9. The van der Waals surface area contributed by atoms with E-state index in [1.54, 1.807) is 12.4 Å². The molecule has 2 aromatic heterocycles. The van der Waals surface area contributed by atoms with Crippen LogP contribution in [0.4, 0.5) is 0 Å². The van der Waals surface area contributed by atoms with Crippen LogP contribution in [0.1, 0.15) is 60.6 Å². The van der Waals surface area contributed by atoms with Crippen LogP contribution in [-0.4, -0.2) is 34.5 Å². The third kappa shape index (κ3) is 7.21. The van der Waals surface area contributed by atoms with Gasteiger partial charge in [0.2, 0.25) is 0 Å². The standard InChI is InChI=1S/C26H30BrN3O3S/c1-5-6-13-33-25(32)20(30-24(31)21-11-12-22(34-21)26(2,3)4)14-17-7-9-18(10-8-17)23-28-15-19(27)16-29-23/h7-12,15-16,20H,5-6,13-14H2,1-4H3,(H,30,31)/t20-/m0/s1. The molecule has 0 fully saturated rings. The van der Waals surface area contributed by atoms with E-state index in [0.29, 0.717) is 23.7 Å². The van der Waals surface area contributed by atoms with Crippen molar-refractivity contribution in [3.05, 3.63) is 68.6 Å². The van der Waals surface area contributed by atoms with E-state index in [1.165, 1.54) is 11.3 Å². The molecule has 0 saturated heterocycles. The lowest BCUT2D eigenvalue weighted by atomic mass is 9.95. The van der Waals surface area contributed by atoms with E-state index in [4.69, 9.17) is 4.74 Å². The number of nitrogens with zero attached hydrogens (tertiary/aromatic N) is 2. The average Bonchev–Trinajstić information content (AvgIpc) is 3.31. The van der Waals surface area contributed by atoms with Crippen molar-refractivity contribution >= 4 is 39.1 Å². The van der Waals surface area contributed by atoms with Gasteiger partial charge in [0, 0.05) is 29.3 Å². The molecular formula is C26H30BrN3O3S. The Balaban J connectivity index is 1.74. The van der Waals surface area contributed by atoms with Crippen molar-refractivity contribution in [2.24, 2.45) is 0 Å².